The molecular formula is C22H27N3O6S. The molecule has 0 aliphatic carbocycles. The number of benzene rings is 2. The standard InChI is InChI=1S/C22H27N3O6S/c1-16(17-3-8-20-21(15-17)31-14-13-30-20)23-22(26)24-9-11-25(12-10-24)32(27,28)19-6-4-18(29-2)5-7-19/h3-8,15-16H,9-14H2,1-2H3,(H,23,26). The molecule has 2 aliphatic rings. The van der Waals surface area contributed by atoms with Crippen LogP contribution in [0.5, 0.6) is 17.2 Å². The van der Waals surface area contributed by atoms with Crippen molar-refractivity contribution in [2.75, 3.05) is 46.5 Å². The van der Waals surface area contributed by atoms with Crippen LogP contribution < -0.4 is 19.5 Å². The van der Waals surface area contributed by atoms with Crippen molar-refractivity contribution >= 4 is 16.1 Å². The zero-order chi connectivity index (χ0) is 22.7. The van der Waals surface area contributed by atoms with Crippen LogP contribution in [-0.4, -0.2) is 70.2 Å². The molecule has 10 heteroatoms. The maximum Gasteiger partial charge on any atom is 0.317 e. The molecule has 1 unspecified atom stereocenters. The van der Waals surface area contributed by atoms with E-state index in [0.29, 0.717) is 43.6 Å². The van der Waals surface area contributed by atoms with Crippen molar-refractivity contribution in [2.24, 2.45) is 0 Å². The van der Waals surface area contributed by atoms with Crippen LogP contribution in [0.15, 0.2) is 47.4 Å². The van der Waals surface area contributed by atoms with E-state index in [1.54, 1.807) is 17.0 Å². The number of methoxy groups -OCH3 is 1. The van der Waals surface area contributed by atoms with Gasteiger partial charge in [0.15, 0.2) is 11.5 Å². The number of hydrogen-bond donors (Lipinski definition) is 1. The molecule has 9 nitrogen and oxygen atoms in total. The summed E-state index contributed by atoms with van der Waals surface area (Å²) in [6.07, 6.45) is 0. The van der Waals surface area contributed by atoms with Crippen molar-refractivity contribution < 1.29 is 27.4 Å². The summed E-state index contributed by atoms with van der Waals surface area (Å²) in [5.41, 5.74) is 0.906. The van der Waals surface area contributed by atoms with Crippen LogP contribution in [0.25, 0.3) is 0 Å². The Morgan fingerprint density at radius 2 is 1.66 bits per heavy atom. The maximum atomic E-state index is 12.9. The summed E-state index contributed by atoms with van der Waals surface area (Å²) in [4.78, 5) is 14.6. The number of carbonyl (C=O) groups is 1. The number of nitrogens with zero attached hydrogens (tertiary/aromatic N) is 2. The lowest BCUT2D eigenvalue weighted by Crippen LogP contribution is -2.53. The van der Waals surface area contributed by atoms with E-state index in [4.69, 9.17) is 14.2 Å². The number of rotatable bonds is 5. The molecule has 4 rings (SSSR count). The van der Waals surface area contributed by atoms with Gasteiger partial charge in [0.1, 0.15) is 19.0 Å². The Bertz CT molecular complexity index is 1070. The maximum absolute atomic E-state index is 12.9. The minimum absolute atomic E-state index is 0.212. The molecule has 0 bridgehead atoms. The number of fused-ring (bicyclic) bond motifs is 1. The van der Waals surface area contributed by atoms with E-state index in [1.165, 1.54) is 23.5 Å². The van der Waals surface area contributed by atoms with E-state index in [1.807, 2.05) is 25.1 Å². The molecule has 2 aliphatic heterocycles. The summed E-state index contributed by atoms with van der Waals surface area (Å²) in [6.45, 7) is 4.03. The highest BCUT2D eigenvalue weighted by molar-refractivity contribution is 7.89. The lowest BCUT2D eigenvalue weighted by atomic mass is 10.1. The molecule has 1 N–H and O–H groups in total. The third-order valence-electron chi connectivity index (χ3n) is 5.63. The fourth-order valence-electron chi connectivity index (χ4n) is 3.72. The summed E-state index contributed by atoms with van der Waals surface area (Å²) >= 11 is 0. The van der Waals surface area contributed by atoms with Gasteiger partial charge in [-0.25, -0.2) is 13.2 Å². The Morgan fingerprint density at radius 1 is 1.00 bits per heavy atom. The zero-order valence-electron chi connectivity index (χ0n) is 18.1. The second kappa shape index (κ2) is 9.25. The quantitative estimate of drug-likeness (QED) is 0.734. The van der Waals surface area contributed by atoms with Crippen molar-refractivity contribution in [3.05, 3.63) is 48.0 Å². The van der Waals surface area contributed by atoms with E-state index < -0.39 is 10.0 Å². The molecule has 1 saturated heterocycles. The molecule has 0 aromatic heterocycles. The van der Waals surface area contributed by atoms with Crippen molar-refractivity contribution in [3.8, 4) is 17.2 Å². The highest BCUT2D eigenvalue weighted by Gasteiger charge is 2.30. The fourth-order valence-corrected chi connectivity index (χ4v) is 5.14. The van der Waals surface area contributed by atoms with Gasteiger partial charge in [0, 0.05) is 26.2 Å². The summed E-state index contributed by atoms with van der Waals surface area (Å²) in [5.74, 6) is 1.97. The summed E-state index contributed by atoms with van der Waals surface area (Å²) < 4.78 is 43.4. The summed E-state index contributed by atoms with van der Waals surface area (Å²) in [5, 5.41) is 2.98. The van der Waals surface area contributed by atoms with Crippen molar-refractivity contribution in [1.29, 1.82) is 0 Å². The Hall–Kier alpha value is -2.98. The molecule has 0 radical (unpaired) electrons. The van der Waals surface area contributed by atoms with E-state index in [2.05, 4.69) is 5.32 Å². The largest absolute Gasteiger partial charge is 0.497 e. The number of nitrogens with one attached hydrogen (secondary N) is 1. The van der Waals surface area contributed by atoms with Crippen molar-refractivity contribution in [1.82, 2.24) is 14.5 Å². The van der Waals surface area contributed by atoms with Gasteiger partial charge < -0.3 is 24.4 Å². The predicted octanol–water partition coefficient (Wildman–Crippen LogP) is 2.24. The third-order valence-corrected chi connectivity index (χ3v) is 7.54. The van der Waals surface area contributed by atoms with Crippen LogP contribution in [0.1, 0.15) is 18.5 Å². The van der Waals surface area contributed by atoms with Gasteiger partial charge in [0.2, 0.25) is 10.0 Å². The van der Waals surface area contributed by atoms with Gasteiger partial charge in [-0.05, 0) is 48.9 Å². The topological polar surface area (TPSA) is 97.4 Å². The molecule has 0 spiro atoms. The average Bonchev–Trinajstić information content (AvgIpc) is 2.83. The number of piperazine rings is 1. The highest BCUT2D eigenvalue weighted by atomic mass is 32.2. The second-order valence-corrected chi connectivity index (χ2v) is 9.58. The van der Waals surface area contributed by atoms with Gasteiger partial charge in [-0.1, -0.05) is 6.07 Å². The van der Waals surface area contributed by atoms with Crippen LogP contribution in [0.4, 0.5) is 4.79 Å². The van der Waals surface area contributed by atoms with Crippen molar-refractivity contribution in [2.45, 2.75) is 17.9 Å². The fraction of sp³-hybridized carbons (Fsp3) is 0.409. The molecule has 172 valence electrons. The number of carbonyl (C=O) groups excluding carboxylic acids is 1. The van der Waals surface area contributed by atoms with Crippen molar-refractivity contribution in [3.63, 3.8) is 0 Å². The molecular weight excluding hydrogens is 434 g/mol. The van der Waals surface area contributed by atoms with Crippen LogP contribution in [0.3, 0.4) is 0 Å². The first kappa shape index (κ1) is 22.2. The van der Waals surface area contributed by atoms with Gasteiger partial charge in [-0.2, -0.15) is 4.31 Å². The molecule has 32 heavy (non-hydrogen) atoms. The predicted molar refractivity (Wildman–Crippen MR) is 118 cm³/mol. The Kier molecular flexibility index (Phi) is 6.43. The molecule has 2 heterocycles. The minimum atomic E-state index is -3.62. The average molecular weight is 462 g/mol. The Morgan fingerprint density at radius 3 is 2.31 bits per heavy atom. The van der Waals surface area contributed by atoms with E-state index in [0.717, 1.165) is 5.56 Å². The first-order valence-corrected chi connectivity index (χ1v) is 11.9. The van der Waals surface area contributed by atoms with Crippen LogP contribution in [0, 0.1) is 0 Å². The first-order chi connectivity index (χ1) is 15.4. The van der Waals surface area contributed by atoms with E-state index in [9.17, 15) is 13.2 Å². The zero-order valence-corrected chi connectivity index (χ0v) is 18.9. The van der Waals surface area contributed by atoms with Crippen LogP contribution in [-0.2, 0) is 10.0 Å². The molecule has 0 saturated carbocycles. The van der Waals surface area contributed by atoms with Crippen LogP contribution >= 0.6 is 0 Å². The molecule has 2 amide bonds. The molecule has 1 fully saturated rings. The minimum Gasteiger partial charge on any atom is -0.497 e. The summed E-state index contributed by atoms with van der Waals surface area (Å²) in [7, 11) is -2.09. The van der Waals surface area contributed by atoms with Gasteiger partial charge >= 0.3 is 6.03 Å². The molecule has 2 aromatic carbocycles. The van der Waals surface area contributed by atoms with E-state index >= 15 is 0 Å². The first-order valence-electron chi connectivity index (χ1n) is 10.5. The Labute approximate surface area is 187 Å². The smallest absolute Gasteiger partial charge is 0.317 e. The van der Waals surface area contributed by atoms with Gasteiger partial charge in [-0.3, -0.25) is 0 Å². The number of ether oxygens (including phenoxy) is 3. The number of hydrogen-bond acceptors (Lipinski definition) is 6. The lowest BCUT2D eigenvalue weighted by Gasteiger charge is -2.34. The van der Waals surface area contributed by atoms with Crippen LogP contribution in [0.2, 0.25) is 0 Å². The Balaban J connectivity index is 1.34. The van der Waals surface area contributed by atoms with E-state index in [-0.39, 0.29) is 30.1 Å². The number of urea groups is 1. The normalized spacial score (nSPS) is 17.5. The molecule has 2 aromatic rings. The number of sulfonamides is 1. The summed E-state index contributed by atoms with van der Waals surface area (Å²) in [6, 6.07) is 11.5. The monoisotopic (exact) mass is 461 g/mol. The highest BCUT2D eigenvalue weighted by Crippen LogP contribution is 2.32. The van der Waals surface area contributed by atoms with Gasteiger partial charge in [-0.15, -0.1) is 0 Å². The third kappa shape index (κ3) is 4.61. The second-order valence-electron chi connectivity index (χ2n) is 7.64. The lowest BCUT2D eigenvalue weighted by molar-refractivity contribution is 0.168. The number of amides is 2. The van der Waals surface area contributed by atoms with Gasteiger partial charge in [0.25, 0.3) is 0 Å². The molecule has 1 atom stereocenters. The van der Waals surface area contributed by atoms with Gasteiger partial charge in [0.05, 0.1) is 18.0 Å². The SMILES string of the molecule is COc1ccc(S(=O)(=O)N2CCN(C(=O)NC(C)c3ccc4c(c3)OCCO4)CC2)cc1.